The Labute approximate surface area is 170 Å². The topological polar surface area (TPSA) is 50.3 Å². The van der Waals surface area contributed by atoms with E-state index >= 15 is 0 Å². The van der Waals surface area contributed by atoms with E-state index in [1.807, 2.05) is 25.1 Å². The Kier molecular flexibility index (Phi) is 5.46. The largest absolute Gasteiger partial charge is 0.416 e. The summed E-state index contributed by atoms with van der Waals surface area (Å²) >= 11 is 0. The number of hydrogen-bond donors (Lipinski definition) is 1. The van der Waals surface area contributed by atoms with Gasteiger partial charge in [0.15, 0.2) is 5.82 Å². The van der Waals surface area contributed by atoms with E-state index in [0.29, 0.717) is 25.1 Å². The second-order valence-electron chi connectivity index (χ2n) is 7.16. The monoisotopic (exact) mass is 420 g/mol. The molecule has 1 saturated heterocycles. The van der Waals surface area contributed by atoms with E-state index in [0.717, 1.165) is 47.4 Å². The molecule has 0 spiro atoms. The molecule has 4 rings (SSSR count). The van der Waals surface area contributed by atoms with Gasteiger partial charge in [0.05, 0.1) is 24.5 Å². The Balaban J connectivity index is 1.64. The number of ether oxygens (including phenoxy) is 1. The molecule has 1 aliphatic heterocycles. The van der Waals surface area contributed by atoms with E-state index < -0.39 is 17.6 Å². The van der Waals surface area contributed by atoms with Crippen molar-refractivity contribution in [1.29, 1.82) is 0 Å². The molecule has 0 atom stereocenters. The summed E-state index contributed by atoms with van der Waals surface area (Å²) in [6.45, 7) is 4.67. The van der Waals surface area contributed by atoms with Crippen LogP contribution in [-0.2, 0) is 17.5 Å². The average Bonchev–Trinajstić information content (AvgIpc) is 2.73. The Bertz CT molecular complexity index is 1060. The number of rotatable bonds is 4. The highest BCUT2D eigenvalue weighted by atomic mass is 19.4. The first-order chi connectivity index (χ1) is 14.3. The lowest BCUT2D eigenvalue weighted by Gasteiger charge is -2.29. The van der Waals surface area contributed by atoms with E-state index in [2.05, 4.69) is 20.4 Å². The van der Waals surface area contributed by atoms with Gasteiger partial charge in [-0.2, -0.15) is 18.3 Å². The maximum absolute atomic E-state index is 13.7. The molecule has 0 bridgehead atoms. The highest BCUT2D eigenvalue weighted by molar-refractivity contribution is 5.95. The number of alkyl halides is 3. The zero-order chi connectivity index (χ0) is 21.3. The van der Waals surface area contributed by atoms with Crippen molar-refractivity contribution in [3.63, 3.8) is 0 Å². The summed E-state index contributed by atoms with van der Waals surface area (Å²) in [7, 11) is 0. The van der Waals surface area contributed by atoms with Crippen LogP contribution in [0.1, 0.15) is 16.8 Å². The first-order valence-corrected chi connectivity index (χ1v) is 9.51. The van der Waals surface area contributed by atoms with Gasteiger partial charge in [0.2, 0.25) is 0 Å². The molecule has 1 fully saturated rings. The molecule has 3 aromatic rings. The molecule has 1 aromatic heterocycles. The molecular weight excluding hydrogens is 400 g/mol. The fourth-order valence-electron chi connectivity index (χ4n) is 3.53. The standard InChI is InChI=1S/C21H20F4N4O/c1-13-18-3-2-17(29-4-6-30-7-5-29)11-19(18)20(28-27-13)26-12-14-8-15(21(23,24)25)10-16(22)9-14/h2-3,8-11H,4-7,12H2,1H3,(H,26,28). The number of halogens is 4. The molecule has 2 aromatic carbocycles. The lowest BCUT2D eigenvalue weighted by molar-refractivity contribution is -0.137. The molecule has 1 N–H and O–H groups in total. The van der Waals surface area contributed by atoms with Crippen LogP contribution >= 0.6 is 0 Å². The van der Waals surface area contributed by atoms with Gasteiger partial charge >= 0.3 is 6.18 Å². The van der Waals surface area contributed by atoms with Gasteiger partial charge in [0, 0.05) is 36.1 Å². The summed E-state index contributed by atoms with van der Waals surface area (Å²) in [6, 6.07) is 8.44. The zero-order valence-corrected chi connectivity index (χ0v) is 16.3. The van der Waals surface area contributed by atoms with Gasteiger partial charge < -0.3 is 15.0 Å². The predicted octanol–water partition coefficient (Wildman–Crippen LogP) is 4.54. The van der Waals surface area contributed by atoms with Crippen LogP contribution in [-0.4, -0.2) is 36.5 Å². The third-order valence-corrected chi connectivity index (χ3v) is 5.07. The van der Waals surface area contributed by atoms with Crippen molar-refractivity contribution >= 4 is 22.3 Å². The van der Waals surface area contributed by atoms with Gasteiger partial charge in [0.1, 0.15) is 5.82 Å². The van der Waals surface area contributed by atoms with Crippen LogP contribution in [0, 0.1) is 12.7 Å². The summed E-state index contributed by atoms with van der Waals surface area (Å²) in [5, 5.41) is 13.0. The number of morpholine rings is 1. The van der Waals surface area contributed by atoms with Crippen molar-refractivity contribution in [2.45, 2.75) is 19.6 Å². The lowest BCUT2D eigenvalue weighted by Crippen LogP contribution is -2.36. The quantitative estimate of drug-likeness (QED) is 0.628. The maximum Gasteiger partial charge on any atom is 0.416 e. The number of aromatic nitrogens is 2. The van der Waals surface area contributed by atoms with E-state index in [1.54, 1.807) is 0 Å². The Hall–Kier alpha value is -2.94. The summed E-state index contributed by atoms with van der Waals surface area (Å²) in [6.07, 6.45) is -4.61. The number of benzene rings is 2. The number of hydrogen-bond acceptors (Lipinski definition) is 5. The van der Waals surface area contributed by atoms with Gasteiger partial charge in [-0.15, -0.1) is 5.10 Å². The zero-order valence-electron chi connectivity index (χ0n) is 16.3. The third-order valence-electron chi connectivity index (χ3n) is 5.07. The highest BCUT2D eigenvalue weighted by Crippen LogP contribution is 2.31. The number of aryl methyl sites for hydroxylation is 1. The first-order valence-electron chi connectivity index (χ1n) is 9.51. The minimum Gasteiger partial charge on any atom is -0.378 e. The summed E-state index contributed by atoms with van der Waals surface area (Å²) in [5.74, 6) is -0.500. The SMILES string of the molecule is Cc1nnc(NCc2cc(F)cc(C(F)(F)F)c2)c2cc(N3CCOCC3)ccc12. The fourth-order valence-corrected chi connectivity index (χ4v) is 3.53. The van der Waals surface area contributed by atoms with Crippen molar-refractivity contribution in [3.8, 4) is 0 Å². The molecule has 158 valence electrons. The molecule has 0 aliphatic carbocycles. The Morgan fingerprint density at radius 2 is 1.80 bits per heavy atom. The molecule has 0 saturated carbocycles. The van der Waals surface area contributed by atoms with Crippen molar-refractivity contribution < 1.29 is 22.3 Å². The van der Waals surface area contributed by atoms with Crippen LogP contribution in [0.25, 0.3) is 10.8 Å². The van der Waals surface area contributed by atoms with Crippen molar-refractivity contribution in [3.05, 3.63) is 59.0 Å². The Morgan fingerprint density at radius 3 is 2.53 bits per heavy atom. The molecule has 5 nitrogen and oxygen atoms in total. The van der Waals surface area contributed by atoms with E-state index in [1.165, 1.54) is 0 Å². The van der Waals surface area contributed by atoms with Gasteiger partial charge in [-0.05, 0) is 42.8 Å². The number of nitrogens with zero attached hydrogens (tertiary/aromatic N) is 3. The summed E-state index contributed by atoms with van der Waals surface area (Å²) < 4.78 is 58.0. The minimum absolute atomic E-state index is 0.0184. The van der Waals surface area contributed by atoms with Crippen LogP contribution in [0.2, 0.25) is 0 Å². The van der Waals surface area contributed by atoms with Crippen molar-refractivity contribution in [2.75, 3.05) is 36.5 Å². The summed E-state index contributed by atoms with van der Waals surface area (Å²) in [5.41, 5.74) is 0.900. The van der Waals surface area contributed by atoms with Crippen LogP contribution in [0.4, 0.5) is 29.1 Å². The Morgan fingerprint density at radius 1 is 1.03 bits per heavy atom. The molecule has 30 heavy (non-hydrogen) atoms. The van der Waals surface area contributed by atoms with Gasteiger partial charge in [-0.25, -0.2) is 4.39 Å². The van der Waals surface area contributed by atoms with Crippen LogP contribution < -0.4 is 10.2 Å². The fraction of sp³-hybridized carbons (Fsp3) is 0.333. The normalized spacial score (nSPS) is 14.9. The van der Waals surface area contributed by atoms with Gasteiger partial charge in [0.25, 0.3) is 0 Å². The van der Waals surface area contributed by atoms with Crippen molar-refractivity contribution in [2.24, 2.45) is 0 Å². The first kappa shape index (κ1) is 20.3. The van der Waals surface area contributed by atoms with Crippen LogP contribution in [0.5, 0.6) is 0 Å². The number of anilines is 2. The second kappa shape index (κ2) is 8.06. The predicted molar refractivity (Wildman–Crippen MR) is 106 cm³/mol. The van der Waals surface area contributed by atoms with Crippen molar-refractivity contribution in [1.82, 2.24) is 10.2 Å². The van der Waals surface area contributed by atoms with E-state index in [-0.39, 0.29) is 12.1 Å². The third kappa shape index (κ3) is 4.30. The van der Waals surface area contributed by atoms with Gasteiger partial charge in [-0.1, -0.05) is 6.07 Å². The second-order valence-corrected chi connectivity index (χ2v) is 7.16. The van der Waals surface area contributed by atoms with Crippen LogP contribution in [0.15, 0.2) is 36.4 Å². The molecule has 0 amide bonds. The molecule has 0 unspecified atom stereocenters. The smallest absolute Gasteiger partial charge is 0.378 e. The van der Waals surface area contributed by atoms with E-state index in [9.17, 15) is 17.6 Å². The molecular formula is C21H20F4N4O. The summed E-state index contributed by atoms with van der Waals surface area (Å²) in [4.78, 5) is 2.20. The van der Waals surface area contributed by atoms with E-state index in [4.69, 9.17) is 4.74 Å². The van der Waals surface area contributed by atoms with Crippen LogP contribution in [0.3, 0.4) is 0 Å². The number of nitrogens with one attached hydrogen (secondary N) is 1. The molecule has 1 aliphatic rings. The lowest BCUT2D eigenvalue weighted by atomic mass is 10.1. The molecule has 2 heterocycles. The highest BCUT2D eigenvalue weighted by Gasteiger charge is 2.31. The molecule has 0 radical (unpaired) electrons. The molecule has 9 heteroatoms. The average molecular weight is 420 g/mol. The van der Waals surface area contributed by atoms with Gasteiger partial charge in [-0.3, -0.25) is 0 Å². The number of fused-ring (bicyclic) bond motifs is 1. The minimum atomic E-state index is -4.61. The maximum atomic E-state index is 13.7.